The van der Waals surface area contributed by atoms with Gasteiger partial charge in [-0.1, -0.05) is 103 Å². The van der Waals surface area contributed by atoms with Crippen LogP contribution in [0.15, 0.2) is 158 Å². The van der Waals surface area contributed by atoms with Crippen molar-refractivity contribution >= 4 is 46.4 Å². The first-order valence-electron chi connectivity index (χ1n) is 18.8. The summed E-state index contributed by atoms with van der Waals surface area (Å²) in [6.07, 6.45) is 14.0. The summed E-state index contributed by atoms with van der Waals surface area (Å²) in [6, 6.07) is 48.4. The van der Waals surface area contributed by atoms with E-state index in [1.165, 1.54) is 0 Å². The Bertz CT molecular complexity index is 2870. The first kappa shape index (κ1) is 33.1. The van der Waals surface area contributed by atoms with E-state index in [4.69, 9.17) is 14.7 Å². The van der Waals surface area contributed by atoms with E-state index in [1.807, 2.05) is 41.1 Å². The van der Waals surface area contributed by atoms with Gasteiger partial charge in [-0.2, -0.15) is 0 Å². The van der Waals surface area contributed by atoms with Crippen LogP contribution in [0.3, 0.4) is 0 Å². The van der Waals surface area contributed by atoms with Gasteiger partial charge in [0.25, 0.3) is 0 Å². The summed E-state index contributed by atoms with van der Waals surface area (Å²) in [6.45, 7) is 1.26. The van der Waals surface area contributed by atoms with Gasteiger partial charge in [0.15, 0.2) is 0 Å². The van der Waals surface area contributed by atoms with Gasteiger partial charge in [-0.3, -0.25) is 0 Å². The number of H-pyrrole nitrogens is 2. The lowest BCUT2D eigenvalue weighted by molar-refractivity contribution is 0.298. The van der Waals surface area contributed by atoms with E-state index in [-0.39, 0.29) is 0 Å². The van der Waals surface area contributed by atoms with Crippen LogP contribution in [0.25, 0.3) is 90.9 Å². The van der Waals surface area contributed by atoms with Crippen LogP contribution in [-0.4, -0.2) is 36.1 Å². The van der Waals surface area contributed by atoms with E-state index in [1.54, 1.807) is 12.5 Å². The fourth-order valence-electron chi connectivity index (χ4n) is 7.64. The molecule has 0 fully saturated rings. The molecule has 0 aliphatic carbocycles. The molecule has 0 spiro atoms. The molecule has 0 atom stereocenters. The van der Waals surface area contributed by atoms with Crippen molar-refractivity contribution in [2.75, 3.05) is 6.61 Å². The highest BCUT2D eigenvalue weighted by molar-refractivity contribution is 5.99. The highest BCUT2D eigenvalue weighted by Crippen LogP contribution is 2.38. The van der Waals surface area contributed by atoms with Crippen molar-refractivity contribution in [3.63, 3.8) is 0 Å². The third-order valence-corrected chi connectivity index (χ3v) is 10.3. The molecule has 2 N–H and O–H groups in total. The largest absolute Gasteiger partial charge is 0.492 e. The molecule has 0 amide bonds. The van der Waals surface area contributed by atoms with E-state index < -0.39 is 0 Å². The highest BCUT2D eigenvalue weighted by atomic mass is 16.5. The van der Waals surface area contributed by atoms with Crippen LogP contribution in [-0.2, 0) is 6.54 Å². The van der Waals surface area contributed by atoms with Crippen LogP contribution in [0.4, 0.5) is 0 Å². The first-order chi connectivity index (χ1) is 27.7. The Balaban J connectivity index is 1.25. The number of ether oxygens (including phenoxy) is 1. The zero-order valence-electron chi connectivity index (χ0n) is 30.4. The van der Waals surface area contributed by atoms with Crippen LogP contribution >= 0.6 is 0 Å². The van der Waals surface area contributed by atoms with Gasteiger partial charge in [0.2, 0.25) is 0 Å². The number of nitrogens with one attached hydrogen (secondary N) is 2. The molecule has 0 saturated carbocycles. The van der Waals surface area contributed by atoms with Crippen LogP contribution in [0.2, 0.25) is 0 Å². The molecule has 7 heteroatoms. The molecule has 56 heavy (non-hydrogen) atoms. The summed E-state index contributed by atoms with van der Waals surface area (Å²) in [5.74, 6) is 0.803. The molecule has 4 aromatic carbocycles. The Hall–Kier alpha value is -7.51. The predicted octanol–water partition coefficient (Wildman–Crippen LogP) is 11.6. The van der Waals surface area contributed by atoms with Gasteiger partial charge in [-0.05, 0) is 83.0 Å². The lowest BCUT2D eigenvalue weighted by Crippen LogP contribution is -2.06. The van der Waals surface area contributed by atoms with Gasteiger partial charge in [-0.15, -0.1) is 0 Å². The third kappa shape index (κ3) is 6.31. The minimum absolute atomic E-state index is 0.540. The number of hydrogen-bond acceptors (Lipinski definition) is 4. The second kappa shape index (κ2) is 14.4. The Kier molecular flexibility index (Phi) is 8.50. The quantitative estimate of drug-likeness (QED) is 0.163. The Morgan fingerprint density at radius 2 is 0.839 bits per heavy atom. The van der Waals surface area contributed by atoms with Crippen molar-refractivity contribution in [2.24, 2.45) is 0 Å². The average molecular weight is 725 g/mol. The molecule has 7 nitrogen and oxygen atoms in total. The van der Waals surface area contributed by atoms with Gasteiger partial charge in [-0.25, -0.2) is 15.0 Å². The van der Waals surface area contributed by atoms with E-state index >= 15 is 0 Å². The average Bonchev–Trinajstić information content (AvgIpc) is 4.11. The van der Waals surface area contributed by atoms with Crippen molar-refractivity contribution in [2.45, 2.75) is 6.54 Å². The summed E-state index contributed by atoms with van der Waals surface area (Å²) < 4.78 is 8.13. The van der Waals surface area contributed by atoms with E-state index in [9.17, 15) is 0 Å². The molecule has 8 bridgehead atoms. The molecule has 2 aliphatic rings. The summed E-state index contributed by atoms with van der Waals surface area (Å²) in [4.78, 5) is 22.6. The lowest BCUT2D eigenvalue weighted by atomic mass is 10.0. The molecule has 10 rings (SSSR count). The number of imidazole rings is 1. The molecule has 268 valence electrons. The number of fused-ring (bicyclic) bond motifs is 8. The first-order valence-corrected chi connectivity index (χ1v) is 18.8. The van der Waals surface area contributed by atoms with Crippen molar-refractivity contribution in [1.82, 2.24) is 29.5 Å². The van der Waals surface area contributed by atoms with Crippen LogP contribution in [0, 0.1) is 0 Å². The zero-order valence-corrected chi connectivity index (χ0v) is 30.4. The van der Waals surface area contributed by atoms with Crippen LogP contribution in [0.5, 0.6) is 5.75 Å². The van der Waals surface area contributed by atoms with Crippen molar-refractivity contribution in [3.8, 4) is 50.3 Å². The summed E-state index contributed by atoms with van der Waals surface area (Å²) in [7, 11) is 0. The molecular formula is C49H36N6O. The second-order valence-corrected chi connectivity index (χ2v) is 13.8. The zero-order chi connectivity index (χ0) is 37.3. The number of aromatic amines is 2. The maximum atomic E-state index is 6.13. The number of aromatic nitrogens is 6. The van der Waals surface area contributed by atoms with Crippen molar-refractivity contribution in [1.29, 1.82) is 0 Å². The van der Waals surface area contributed by atoms with E-state index in [0.717, 1.165) is 102 Å². The summed E-state index contributed by atoms with van der Waals surface area (Å²) >= 11 is 0. The smallest absolute Gasteiger partial charge is 0.119 e. The van der Waals surface area contributed by atoms with E-state index in [2.05, 4.69) is 148 Å². The molecular weight excluding hydrogens is 689 g/mol. The number of benzene rings is 4. The lowest BCUT2D eigenvalue weighted by Gasteiger charge is -2.09. The van der Waals surface area contributed by atoms with Gasteiger partial charge in [0.1, 0.15) is 12.4 Å². The molecule has 4 aromatic heterocycles. The summed E-state index contributed by atoms with van der Waals surface area (Å²) in [5, 5.41) is 0. The SMILES string of the molecule is C1=Cc2nc1c(-c1ccccc1)c1ccc([nH]1)c(-c1ccccc1)c1nc(c(-c3ccc(OCCn4ccnc4)cc3)c3ccc([nH]3)c2-c2ccccc2)C=C1. The molecule has 0 radical (unpaired) electrons. The van der Waals surface area contributed by atoms with Crippen molar-refractivity contribution < 1.29 is 4.74 Å². The molecule has 0 unspecified atom stereocenters. The fraction of sp³-hybridized carbons (Fsp3) is 0.0408. The Labute approximate surface area is 324 Å². The fourth-order valence-corrected chi connectivity index (χ4v) is 7.64. The topological polar surface area (TPSA) is 84.4 Å². The normalized spacial score (nSPS) is 11.9. The Morgan fingerprint density at radius 3 is 1.21 bits per heavy atom. The van der Waals surface area contributed by atoms with Crippen LogP contribution < -0.4 is 4.74 Å². The number of hydrogen-bond donors (Lipinski definition) is 2. The molecule has 8 aromatic rings. The predicted molar refractivity (Wildman–Crippen MR) is 228 cm³/mol. The van der Waals surface area contributed by atoms with Gasteiger partial charge >= 0.3 is 0 Å². The maximum Gasteiger partial charge on any atom is 0.119 e. The van der Waals surface area contributed by atoms with Gasteiger partial charge in [0, 0.05) is 56.7 Å². The van der Waals surface area contributed by atoms with E-state index in [0.29, 0.717) is 6.61 Å². The number of nitrogens with zero attached hydrogens (tertiary/aromatic N) is 4. The van der Waals surface area contributed by atoms with Crippen molar-refractivity contribution in [3.05, 3.63) is 181 Å². The third-order valence-electron chi connectivity index (χ3n) is 10.3. The standard InChI is InChI=1S/C49H36N6O/c1-4-10-33(11-5-1)46-38-20-22-40(51-38)47(34-12-6-2-7-13-34)42-24-26-44(53-42)49(36-16-18-37(19-17-36)56-31-30-55-29-28-50-32-55)45-27-25-43(54-45)48(35-14-8-3-9-15-35)41-23-21-39(46)52-41/h1-29,32,51,54H,30-31H2. The van der Waals surface area contributed by atoms with Gasteiger partial charge in [0.05, 0.1) is 35.6 Å². The molecule has 0 saturated heterocycles. The number of rotatable bonds is 8. The highest BCUT2D eigenvalue weighted by Gasteiger charge is 2.19. The monoisotopic (exact) mass is 724 g/mol. The Morgan fingerprint density at radius 1 is 0.446 bits per heavy atom. The molecule has 2 aliphatic heterocycles. The molecule has 6 heterocycles. The van der Waals surface area contributed by atoms with Crippen LogP contribution in [0.1, 0.15) is 22.8 Å². The van der Waals surface area contributed by atoms with Gasteiger partial charge < -0.3 is 19.3 Å². The second-order valence-electron chi connectivity index (χ2n) is 13.8. The maximum absolute atomic E-state index is 6.13. The minimum atomic E-state index is 0.540. The minimum Gasteiger partial charge on any atom is -0.492 e. The summed E-state index contributed by atoms with van der Waals surface area (Å²) in [5.41, 5.74) is 15.7.